The summed E-state index contributed by atoms with van der Waals surface area (Å²) in [5.41, 5.74) is 2.31. The first kappa shape index (κ1) is 20.3. The van der Waals surface area contributed by atoms with Gasteiger partial charge in [0.05, 0.1) is 18.4 Å². The predicted molar refractivity (Wildman–Crippen MR) is 109 cm³/mol. The van der Waals surface area contributed by atoms with Crippen molar-refractivity contribution in [2.45, 2.75) is 19.4 Å². The first-order valence-corrected chi connectivity index (χ1v) is 11.2. The number of para-hydroxylation sites is 1. The highest BCUT2D eigenvalue weighted by atomic mass is 32.2. The van der Waals surface area contributed by atoms with E-state index in [9.17, 15) is 13.2 Å². The van der Waals surface area contributed by atoms with E-state index in [2.05, 4.69) is 27.6 Å². The summed E-state index contributed by atoms with van der Waals surface area (Å²) < 4.78 is 25.6. The second-order valence-electron chi connectivity index (χ2n) is 7.09. The van der Waals surface area contributed by atoms with Gasteiger partial charge in [-0.1, -0.05) is 24.3 Å². The number of piperazine rings is 1. The zero-order valence-electron chi connectivity index (χ0n) is 16.2. The molecule has 0 aliphatic carbocycles. The molecule has 1 unspecified atom stereocenters. The van der Waals surface area contributed by atoms with Gasteiger partial charge in [0.2, 0.25) is 15.9 Å². The van der Waals surface area contributed by atoms with E-state index >= 15 is 0 Å². The maximum absolute atomic E-state index is 12.8. The van der Waals surface area contributed by atoms with Gasteiger partial charge in [0.15, 0.2) is 0 Å². The van der Waals surface area contributed by atoms with Crippen molar-refractivity contribution >= 4 is 21.6 Å². The van der Waals surface area contributed by atoms with Gasteiger partial charge in [-0.3, -0.25) is 19.4 Å². The Morgan fingerprint density at radius 2 is 1.86 bits per heavy atom. The van der Waals surface area contributed by atoms with Gasteiger partial charge in [-0.15, -0.1) is 0 Å². The average molecular weight is 403 g/mol. The monoisotopic (exact) mass is 402 g/mol. The van der Waals surface area contributed by atoms with Gasteiger partial charge >= 0.3 is 0 Å². The SMILES string of the molecule is CC(c1cccnc1)N1CCN(C(=O)Cc2ccccc2NS(C)(=O)=O)CC1. The summed E-state index contributed by atoms with van der Waals surface area (Å²) in [7, 11) is -3.39. The molecule has 1 N–H and O–H groups in total. The number of hydrogen-bond acceptors (Lipinski definition) is 5. The van der Waals surface area contributed by atoms with E-state index < -0.39 is 10.0 Å². The maximum atomic E-state index is 12.8. The highest BCUT2D eigenvalue weighted by molar-refractivity contribution is 7.92. The summed E-state index contributed by atoms with van der Waals surface area (Å²) in [5, 5.41) is 0. The Balaban J connectivity index is 1.59. The minimum atomic E-state index is -3.39. The van der Waals surface area contributed by atoms with Crippen LogP contribution in [0.2, 0.25) is 0 Å². The molecular formula is C20H26N4O3S. The van der Waals surface area contributed by atoms with Gasteiger partial charge in [-0.25, -0.2) is 8.42 Å². The third kappa shape index (κ3) is 5.30. The van der Waals surface area contributed by atoms with Crippen LogP contribution in [0.1, 0.15) is 24.1 Å². The predicted octanol–water partition coefficient (Wildman–Crippen LogP) is 1.90. The number of aromatic nitrogens is 1. The van der Waals surface area contributed by atoms with Crippen molar-refractivity contribution in [2.75, 3.05) is 37.2 Å². The molecule has 150 valence electrons. The molecule has 0 bridgehead atoms. The molecule has 1 atom stereocenters. The van der Waals surface area contributed by atoms with Crippen molar-refractivity contribution in [3.8, 4) is 0 Å². The van der Waals surface area contributed by atoms with Crippen molar-refractivity contribution in [1.29, 1.82) is 0 Å². The molecule has 0 radical (unpaired) electrons. The quantitative estimate of drug-likeness (QED) is 0.798. The van der Waals surface area contributed by atoms with E-state index in [0.717, 1.165) is 19.3 Å². The van der Waals surface area contributed by atoms with Gasteiger partial charge < -0.3 is 4.90 Å². The highest BCUT2D eigenvalue weighted by Gasteiger charge is 2.25. The van der Waals surface area contributed by atoms with Gasteiger partial charge in [0.25, 0.3) is 0 Å². The lowest BCUT2D eigenvalue weighted by Gasteiger charge is -2.38. The molecule has 2 aromatic rings. The third-order valence-corrected chi connectivity index (χ3v) is 5.63. The standard InChI is InChI=1S/C20H26N4O3S/c1-16(18-7-5-9-21-15-18)23-10-12-24(13-11-23)20(25)14-17-6-3-4-8-19(17)22-28(2,26)27/h3-9,15-16,22H,10-14H2,1-2H3. The van der Waals surface area contributed by atoms with Crippen molar-refractivity contribution in [3.05, 3.63) is 59.9 Å². The van der Waals surface area contributed by atoms with E-state index in [4.69, 9.17) is 0 Å². The van der Waals surface area contributed by atoms with Crippen LogP contribution in [0.4, 0.5) is 5.69 Å². The molecule has 7 nitrogen and oxygen atoms in total. The smallest absolute Gasteiger partial charge is 0.229 e. The first-order valence-electron chi connectivity index (χ1n) is 9.31. The summed E-state index contributed by atoms with van der Waals surface area (Å²) >= 11 is 0. The number of hydrogen-bond donors (Lipinski definition) is 1. The molecule has 1 aromatic carbocycles. The topological polar surface area (TPSA) is 82.6 Å². The average Bonchev–Trinajstić information content (AvgIpc) is 2.68. The van der Waals surface area contributed by atoms with Gasteiger partial charge in [0.1, 0.15) is 0 Å². The number of pyridine rings is 1. The van der Waals surface area contributed by atoms with Gasteiger partial charge in [-0.05, 0) is 30.2 Å². The number of carbonyl (C=O) groups excluding carboxylic acids is 1. The fraction of sp³-hybridized carbons (Fsp3) is 0.400. The minimum absolute atomic E-state index is 0.0106. The van der Waals surface area contributed by atoms with Crippen LogP contribution in [0.25, 0.3) is 0 Å². The van der Waals surface area contributed by atoms with Crippen molar-refractivity contribution in [3.63, 3.8) is 0 Å². The maximum Gasteiger partial charge on any atom is 0.229 e. The number of amides is 1. The molecule has 1 amide bonds. The Bertz CT molecular complexity index is 910. The second-order valence-corrected chi connectivity index (χ2v) is 8.84. The highest BCUT2D eigenvalue weighted by Crippen LogP contribution is 2.22. The van der Waals surface area contributed by atoms with Crippen LogP contribution in [0.15, 0.2) is 48.8 Å². The van der Waals surface area contributed by atoms with Crippen LogP contribution in [-0.2, 0) is 21.2 Å². The molecule has 3 rings (SSSR count). The Kier molecular flexibility index (Phi) is 6.31. The zero-order valence-corrected chi connectivity index (χ0v) is 17.0. The van der Waals surface area contributed by atoms with Crippen molar-refractivity contribution < 1.29 is 13.2 Å². The van der Waals surface area contributed by atoms with Crippen LogP contribution < -0.4 is 4.72 Å². The van der Waals surface area contributed by atoms with Crippen molar-refractivity contribution in [2.24, 2.45) is 0 Å². The summed E-state index contributed by atoms with van der Waals surface area (Å²) in [5.74, 6) is 0.0106. The van der Waals surface area contributed by atoms with Crippen LogP contribution in [0.3, 0.4) is 0 Å². The Morgan fingerprint density at radius 3 is 2.50 bits per heavy atom. The van der Waals surface area contributed by atoms with E-state index in [1.165, 1.54) is 5.56 Å². The molecule has 2 heterocycles. The Labute approximate surface area is 166 Å². The Hall–Kier alpha value is -2.45. The van der Waals surface area contributed by atoms with Gasteiger partial charge in [-0.2, -0.15) is 0 Å². The van der Waals surface area contributed by atoms with Crippen LogP contribution in [0.5, 0.6) is 0 Å². The second kappa shape index (κ2) is 8.70. The number of sulfonamides is 1. The van der Waals surface area contributed by atoms with E-state index in [-0.39, 0.29) is 18.4 Å². The van der Waals surface area contributed by atoms with Gasteiger partial charge in [0, 0.05) is 44.6 Å². The molecule has 1 aliphatic heterocycles. The molecule has 1 aromatic heterocycles. The fourth-order valence-electron chi connectivity index (χ4n) is 3.44. The lowest BCUT2D eigenvalue weighted by atomic mass is 10.1. The van der Waals surface area contributed by atoms with E-state index in [0.29, 0.717) is 24.3 Å². The number of benzene rings is 1. The lowest BCUT2D eigenvalue weighted by molar-refractivity contribution is -0.132. The van der Waals surface area contributed by atoms with Crippen molar-refractivity contribution in [1.82, 2.24) is 14.8 Å². The fourth-order valence-corrected chi connectivity index (χ4v) is 4.04. The summed E-state index contributed by atoms with van der Waals surface area (Å²) in [4.78, 5) is 21.1. The molecule has 0 saturated carbocycles. The normalized spacial score (nSPS) is 16.6. The lowest BCUT2D eigenvalue weighted by Crippen LogP contribution is -2.49. The molecule has 28 heavy (non-hydrogen) atoms. The molecule has 1 fully saturated rings. The molecule has 8 heteroatoms. The summed E-state index contributed by atoms with van der Waals surface area (Å²) in [6, 6.07) is 11.3. The first-order chi connectivity index (χ1) is 13.3. The molecular weight excluding hydrogens is 376 g/mol. The van der Waals surface area contributed by atoms with E-state index in [1.54, 1.807) is 24.4 Å². The van der Waals surface area contributed by atoms with Crippen LogP contribution >= 0.6 is 0 Å². The van der Waals surface area contributed by atoms with E-state index in [1.807, 2.05) is 23.2 Å². The van der Waals surface area contributed by atoms with Crippen LogP contribution in [0, 0.1) is 0 Å². The molecule has 0 spiro atoms. The largest absolute Gasteiger partial charge is 0.340 e. The zero-order chi connectivity index (χ0) is 20.1. The minimum Gasteiger partial charge on any atom is -0.340 e. The molecule has 1 aliphatic rings. The van der Waals surface area contributed by atoms with Crippen LogP contribution in [-0.4, -0.2) is 61.5 Å². The number of nitrogens with one attached hydrogen (secondary N) is 1. The number of rotatable bonds is 6. The molecule has 1 saturated heterocycles. The number of carbonyl (C=O) groups is 1. The summed E-state index contributed by atoms with van der Waals surface area (Å²) in [6.45, 7) is 5.06. The summed E-state index contributed by atoms with van der Waals surface area (Å²) in [6.07, 6.45) is 4.93. The number of anilines is 1. The number of nitrogens with zero attached hydrogens (tertiary/aromatic N) is 3. The third-order valence-electron chi connectivity index (χ3n) is 5.04. The Morgan fingerprint density at radius 1 is 1.14 bits per heavy atom.